The molecule has 90 valence electrons. The summed E-state index contributed by atoms with van der Waals surface area (Å²) in [6.45, 7) is 2.38. The molecule has 1 amide bonds. The van der Waals surface area contributed by atoms with Crippen molar-refractivity contribution in [2.24, 2.45) is 5.73 Å². The predicted molar refractivity (Wildman–Crippen MR) is 66.8 cm³/mol. The third kappa shape index (κ3) is 2.78. The van der Waals surface area contributed by atoms with E-state index in [0.717, 1.165) is 0 Å². The van der Waals surface area contributed by atoms with Crippen LogP contribution >= 0.6 is 12.2 Å². The number of carbonyl (C=O) groups is 1. The smallest absolute Gasteiger partial charge is 0.272 e. The number of hydrogen-bond acceptors (Lipinski definition) is 4. The maximum absolute atomic E-state index is 12.0. The fourth-order valence-electron chi connectivity index (χ4n) is 1.59. The van der Waals surface area contributed by atoms with Gasteiger partial charge < -0.3 is 15.4 Å². The first-order valence-electron chi connectivity index (χ1n) is 5.31. The third-order valence-corrected chi connectivity index (χ3v) is 2.80. The number of ether oxygens (including phenoxy) is 1. The highest BCUT2D eigenvalue weighted by Crippen LogP contribution is 2.06. The number of morpholine rings is 1. The van der Waals surface area contributed by atoms with Crippen molar-refractivity contribution in [3.8, 4) is 0 Å². The molecule has 1 saturated heterocycles. The molecule has 0 saturated carbocycles. The average molecular weight is 251 g/mol. The zero-order valence-electron chi connectivity index (χ0n) is 9.26. The van der Waals surface area contributed by atoms with E-state index in [2.05, 4.69) is 4.98 Å². The molecule has 6 heteroatoms. The number of aromatic nitrogens is 1. The highest BCUT2D eigenvalue weighted by molar-refractivity contribution is 7.80. The van der Waals surface area contributed by atoms with Crippen LogP contribution in [0.2, 0.25) is 0 Å². The van der Waals surface area contributed by atoms with E-state index in [-0.39, 0.29) is 10.9 Å². The number of thiocarbonyl (C=S) groups is 1. The van der Waals surface area contributed by atoms with Crippen molar-refractivity contribution in [3.05, 3.63) is 29.6 Å². The number of rotatable bonds is 2. The second-order valence-electron chi connectivity index (χ2n) is 3.70. The zero-order valence-corrected chi connectivity index (χ0v) is 10.1. The molecule has 0 bridgehead atoms. The summed E-state index contributed by atoms with van der Waals surface area (Å²) in [5, 5.41) is 0. The van der Waals surface area contributed by atoms with Gasteiger partial charge in [0.1, 0.15) is 10.7 Å². The van der Waals surface area contributed by atoms with Crippen molar-refractivity contribution >= 4 is 23.1 Å². The normalized spacial score (nSPS) is 15.6. The van der Waals surface area contributed by atoms with E-state index in [4.69, 9.17) is 22.7 Å². The molecule has 1 aromatic heterocycles. The number of amides is 1. The van der Waals surface area contributed by atoms with Crippen LogP contribution in [0.1, 0.15) is 16.1 Å². The number of pyridine rings is 1. The summed E-state index contributed by atoms with van der Waals surface area (Å²) in [6, 6.07) is 3.36. The zero-order chi connectivity index (χ0) is 12.3. The van der Waals surface area contributed by atoms with Gasteiger partial charge in [0, 0.05) is 24.8 Å². The van der Waals surface area contributed by atoms with Crippen molar-refractivity contribution in [3.63, 3.8) is 0 Å². The van der Waals surface area contributed by atoms with Crippen LogP contribution in [-0.4, -0.2) is 47.1 Å². The molecule has 1 aromatic rings. The third-order valence-electron chi connectivity index (χ3n) is 2.57. The van der Waals surface area contributed by atoms with Crippen LogP contribution < -0.4 is 5.73 Å². The molecule has 2 N–H and O–H groups in total. The predicted octanol–water partition coefficient (Wildman–Crippen LogP) is 0.188. The molecule has 0 aromatic carbocycles. The fraction of sp³-hybridized carbons (Fsp3) is 0.364. The van der Waals surface area contributed by atoms with Gasteiger partial charge >= 0.3 is 0 Å². The van der Waals surface area contributed by atoms with Crippen molar-refractivity contribution in [1.82, 2.24) is 9.88 Å². The van der Waals surface area contributed by atoms with Gasteiger partial charge in [-0.15, -0.1) is 0 Å². The molecule has 2 rings (SSSR count). The van der Waals surface area contributed by atoms with Gasteiger partial charge in [0.2, 0.25) is 0 Å². The Morgan fingerprint density at radius 2 is 2.12 bits per heavy atom. The lowest BCUT2D eigenvalue weighted by atomic mass is 10.2. The monoisotopic (exact) mass is 251 g/mol. The van der Waals surface area contributed by atoms with Gasteiger partial charge in [-0.1, -0.05) is 12.2 Å². The number of hydrogen-bond donors (Lipinski definition) is 1. The molecule has 0 aliphatic carbocycles. The lowest BCUT2D eigenvalue weighted by molar-refractivity contribution is 0.0299. The number of carbonyl (C=O) groups excluding carboxylic acids is 1. The van der Waals surface area contributed by atoms with Gasteiger partial charge in [-0.3, -0.25) is 9.78 Å². The topological polar surface area (TPSA) is 68.5 Å². The summed E-state index contributed by atoms with van der Waals surface area (Å²) in [5.41, 5.74) is 6.54. The van der Waals surface area contributed by atoms with Gasteiger partial charge in [0.15, 0.2) is 0 Å². The highest BCUT2D eigenvalue weighted by Gasteiger charge is 2.19. The first-order valence-corrected chi connectivity index (χ1v) is 5.72. The molecule has 0 atom stereocenters. The van der Waals surface area contributed by atoms with Crippen LogP contribution in [-0.2, 0) is 4.74 Å². The fourth-order valence-corrected chi connectivity index (χ4v) is 1.72. The summed E-state index contributed by atoms with van der Waals surface area (Å²) >= 11 is 4.82. The SMILES string of the molecule is NC(=S)c1ccc(C(=O)N2CCOCC2)nc1. The van der Waals surface area contributed by atoms with Gasteiger partial charge in [0.05, 0.1) is 13.2 Å². The summed E-state index contributed by atoms with van der Waals surface area (Å²) < 4.78 is 5.19. The number of nitrogens with two attached hydrogens (primary N) is 1. The van der Waals surface area contributed by atoms with E-state index < -0.39 is 0 Å². The number of nitrogens with zero attached hydrogens (tertiary/aromatic N) is 2. The minimum Gasteiger partial charge on any atom is -0.389 e. The Hall–Kier alpha value is -1.53. The lowest BCUT2D eigenvalue weighted by Crippen LogP contribution is -2.41. The second-order valence-corrected chi connectivity index (χ2v) is 4.14. The van der Waals surface area contributed by atoms with Gasteiger partial charge in [-0.2, -0.15) is 0 Å². The quantitative estimate of drug-likeness (QED) is 0.760. The average Bonchev–Trinajstić information content (AvgIpc) is 2.39. The Morgan fingerprint density at radius 3 is 2.65 bits per heavy atom. The molecule has 0 radical (unpaired) electrons. The molecule has 5 nitrogen and oxygen atoms in total. The van der Waals surface area contributed by atoms with E-state index in [1.165, 1.54) is 6.20 Å². The molecule has 0 unspecified atom stereocenters. The van der Waals surface area contributed by atoms with Crippen molar-refractivity contribution < 1.29 is 9.53 Å². The highest BCUT2D eigenvalue weighted by atomic mass is 32.1. The maximum atomic E-state index is 12.0. The van der Waals surface area contributed by atoms with Gasteiger partial charge in [-0.05, 0) is 12.1 Å². The largest absolute Gasteiger partial charge is 0.389 e. The van der Waals surface area contributed by atoms with Crippen molar-refractivity contribution in [2.75, 3.05) is 26.3 Å². The van der Waals surface area contributed by atoms with E-state index in [9.17, 15) is 4.79 Å². The summed E-state index contributed by atoms with van der Waals surface area (Å²) in [4.78, 5) is 18.1. The molecule has 2 heterocycles. The summed E-state index contributed by atoms with van der Waals surface area (Å²) in [7, 11) is 0. The maximum Gasteiger partial charge on any atom is 0.272 e. The van der Waals surface area contributed by atoms with Crippen LogP contribution in [0, 0.1) is 0 Å². The second kappa shape index (κ2) is 5.20. The standard InChI is InChI=1S/C11H13N3O2S/c12-10(17)8-1-2-9(13-7-8)11(15)14-3-5-16-6-4-14/h1-2,7H,3-6H2,(H2,12,17). The minimum atomic E-state index is -0.0808. The first-order chi connectivity index (χ1) is 8.18. The Labute approximate surface area is 105 Å². The molecular formula is C11H13N3O2S. The van der Waals surface area contributed by atoms with Crippen molar-refractivity contribution in [2.45, 2.75) is 0 Å². The molecular weight excluding hydrogens is 238 g/mol. The Morgan fingerprint density at radius 1 is 1.41 bits per heavy atom. The Bertz CT molecular complexity index is 427. The van der Waals surface area contributed by atoms with Crippen molar-refractivity contribution in [1.29, 1.82) is 0 Å². The van der Waals surface area contributed by atoms with E-state index >= 15 is 0 Å². The summed E-state index contributed by atoms with van der Waals surface area (Å²) in [5.74, 6) is -0.0808. The van der Waals surface area contributed by atoms with Crippen LogP contribution in [0.25, 0.3) is 0 Å². The van der Waals surface area contributed by atoms with E-state index in [1.807, 2.05) is 0 Å². The molecule has 1 aliphatic rings. The molecule has 1 fully saturated rings. The van der Waals surface area contributed by atoms with Gasteiger partial charge in [-0.25, -0.2) is 0 Å². The molecule has 17 heavy (non-hydrogen) atoms. The Balaban J connectivity index is 2.10. The van der Waals surface area contributed by atoms with Crippen LogP contribution in [0.15, 0.2) is 18.3 Å². The lowest BCUT2D eigenvalue weighted by Gasteiger charge is -2.26. The van der Waals surface area contributed by atoms with Gasteiger partial charge in [0.25, 0.3) is 5.91 Å². The van der Waals surface area contributed by atoms with E-state index in [0.29, 0.717) is 37.6 Å². The Kier molecular flexibility index (Phi) is 3.65. The first kappa shape index (κ1) is 11.9. The minimum absolute atomic E-state index is 0.0808. The van der Waals surface area contributed by atoms with Crippen LogP contribution in [0.3, 0.4) is 0 Å². The summed E-state index contributed by atoms with van der Waals surface area (Å²) in [6.07, 6.45) is 1.52. The molecule has 1 aliphatic heterocycles. The van der Waals surface area contributed by atoms with Crippen LogP contribution in [0.5, 0.6) is 0 Å². The van der Waals surface area contributed by atoms with Crippen LogP contribution in [0.4, 0.5) is 0 Å². The van der Waals surface area contributed by atoms with E-state index in [1.54, 1.807) is 17.0 Å². The molecule has 0 spiro atoms.